The predicted octanol–water partition coefficient (Wildman–Crippen LogP) is 2.56. The van der Waals surface area contributed by atoms with Gasteiger partial charge in [-0.05, 0) is 31.0 Å². The van der Waals surface area contributed by atoms with Gasteiger partial charge in [-0.3, -0.25) is 5.32 Å². The molecule has 2 amide bonds. The summed E-state index contributed by atoms with van der Waals surface area (Å²) in [6.07, 6.45) is 1.64. The topological polar surface area (TPSA) is 72.5 Å². The van der Waals surface area contributed by atoms with Crippen LogP contribution in [0, 0.1) is 0 Å². The van der Waals surface area contributed by atoms with E-state index in [1.54, 1.807) is 7.11 Å². The van der Waals surface area contributed by atoms with Gasteiger partial charge in [0.2, 0.25) is 0 Å². The minimum atomic E-state index is -0.289. The van der Waals surface area contributed by atoms with Crippen LogP contribution in [0.25, 0.3) is 10.2 Å². The van der Waals surface area contributed by atoms with Crippen LogP contribution in [0.4, 0.5) is 9.93 Å². The molecule has 1 saturated heterocycles. The number of benzene rings is 1. The number of rotatable bonds is 3. The highest BCUT2D eigenvalue weighted by atomic mass is 32.1. The van der Waals surface area contributed by atoms with Crippen LogP contribution in [0.1, 0.15) is 12.8 Å². The molecule has 1 aromatic heterocycles. The largest absolute Gasteiger partial charge is 0.497 e. The van der Waals surface area contributed by atoms with E-state index in [2.05, 4.69) is 15.6 Å². The molecule has 20 heavy (non-hydrogen) atoms. The van der Waals surface area contributed by atoms with Crippen molar-refractivity contribution in [2.45, 2.75) is 19.1 Å². The smallest absolute Gasteiger partial charge is 0.323 e. The van der Waals surface area contributed by atoms with Gasteiger partial charge in [-0.25, -0.2) is 9.78 Å². The fourth-order valence-corrected chi connectivity index (χ4v) is 2.95. The Labute approximate surface area is 120 Å². The molecule has 1 aliphatic heterocycles. The monoisotopic (exact) mass is 293 g/mol. The van der Waals surface area contributed by atoms with Gasteiger partial charge in [-0.15, -0.1) is 0 Å². The lowest BCUT2D eigenvalue weighted by molar-refractivity contribution is 0.0928. The third-order valence-electron chi connectivity index (χ3n) is 3.04. The Hall–Kier alpha value is -1.86. The van der Waals surface area contributed by atoms with Crippen molar-refractivity contribution >= 4 is 32.7 Å². The zero-order valence-corrected chi connectivity index (χ0v) is 11.8. The number of ether oxygens (including phenoxy) is 2. The van der Waals surface area contributed by atoms with E-state index < -0.39 is 0 Å². The van der Waals surface area contributed by atoms with Gasteiger partial charge in [0.15, 0.2) is 5.13 Å². The molecule has 0 spiro atoms. The Balaban J connectivity index is 1.68. The summed E-state index contributed by atoms with van der Waals surface area (Å²) < 4.78 is 11.5. The molecule has 1 aromatic carbocycles. The molecule has 7 heteroatoms. The van der Waals surface area contributed by atoms with Crippen LogP contribution < -0.4 is 15.4 Å². The first-order valence-electron chi connectivity index (χ1n) is 6.38. The maximum Gasteiger partial charge on any atom is 0.323 e. The number of anilines is 1. The van der Waals surface area contributed by atoms with Gasteiger partial charge >= 0.3 is 6.03 Å². The molecule has 2 heterocycles. The molecule has 1 unspecified atom stereocenters. The highest BCUT2D eigenvalue weighted by molar-refractivity contribution is 7.22. The minimum absolute atomic E-state index is 0.190. The van der Waals surface area contributed by atoms with Crippen LogP contribution in [-0.4, -0.2) is 31.0 Å². The first kappa shape index (κ1) is 13.1. The number of hydrogen-bond acceptors (Lipinski definition) is 5. The molecule has 0 saturated carbocycles. The Kier molecular flexibility index (Phi) is 3.70. The second-order valence-corrected chi connectivity index (χ2v) is 5.48. The predicted molar refractivity (Wildman–Crippen MR) is 77.3 cm³/mol. The van der Waals surface area contributed by atoms with Gasteiger partial charge in [-0.2, -0.15) is 0 Å². The summed E-state index contributed by atoms with van der Waals surface area (Å²) in [6.45, 7) is 0.700. The van der Waals surface area contributed by atoms with E-state index in [0.29, 0.717) is 11.7 Å². The van der Waals surface area contributed by atoms with Crippen LogP contribution in [0.2, 0.25) is 0 Å². The molecular weight excluding hydrogens is 278 g/mol. The van der Waals surface area contributed by atoms with Gasteiger partial charge < -0.3 is 14.8 Å². The van der Waals surface area contributed by atoms with Gasteiger partial charge in [0, 0.05) is 6.61 Å². The van der Waals surface area contributed by atoms with Gasteiger partial charge in [0.1, 0.15) is 12.0 Å². The standard InChI is InChI=1S/C13H15N3O3S/c1-18-8-4-5-9-10(7-8)20-13(14-9)16-12(17)15-11-3-2-6-19-11/h4-5,7,11H,2-3,6H2,1H3,(H2,14,15,16,17). The van der Waals surface area contributed by atoms with Crippen molar-refractivity contribution in [2.75, 3.05) is 19.0 Å². The highest BCUT2D eigenvalue weighted by Crippen LogP contribution is 2.29. The third kappa shape index (κ3) is 2.83. The molecular formula is C13H15N3O3S. The van der Waals surface area contributed by atoms with Crippen molar-refractivity contribution in [2.24, 2.45) is 0 Å². The fourth-order valence-electron chi connectivity index (χ4n) is 2.06. The number of nitrogens with zero attached hydrogens (tertiary/aromatic N) is 1. The summed E-state index contributed by atoms with van der Waals surface area (Å²) in [6, 6.07) is 5.32. The molecule has 2 N–H and O–H groups in total. The minimum Gasteiger partial charge on any atom is -0.497 e. The molecule has 106 valence electrons. The number of amides is 2. The zero-order valence-electron chi connectivity index (χ0n) is 11.0. The lowest BCUT2D eigenvalue weighted by Crippen LogP contribution is -2.37. The summed E-state index contributed by atoms with van der Waals surface area (Å²) in [4.78, 5) is 16.2. The normalized spacial score (nSPS) is 18.1. The first-order chi connectivity index (χ1) is 9.74. The number of carbonyl (C=O) groups excluding carboxylic acids is 1. The van der Waals surface area contributed by atoms with E-state index in [1.807, 2.05) is 18.2 Å². The number of fused-ring (bicyclic) bond motifs is 1. The molecule has 0 bridgehead atoms. The number of hydrogen-bond donors (Lipinski definition) is 2. The number of aromatic nitrogens is 1. The van der Waals surface area contributed by atoms with Crippen molar-refractivity contribution in [3.63, 3.8) is 0 Å². The summed E-state index contributed by atoms with van der Waals surface area (Å²) in [5.41, 5.74) is 0.836. The summed E-state index contributed by atoms with van der Waals surface area (Å²) >= 11 is 1.41. The fraction of sp³-hybridized carbons (Fsp3) is 0.385. The molecule has 1 aliphatic rings. The molecule has 1 atom stereocenters. The molecule has 1 fully saturated rings. The lowest BCUT2D eigenvalue weighted by Gasteiger charge is -2.11. The summed E-state index contributed by atoms with van der Waals surface area (Å²) in [5, 5.41) is 6.06. The number of methoxy groups -OCH3 is 1. The zero-order chi connectivity index (χ0) is 13.9. The van der Waals surface area contributed by atoms with E-state index in [9.17, 15) is 4.79 Å². The van der Waals surface area contributed by atoms with Gasteiger partial charge in [0.05, 0.1) is 17.3 Å². The Morgan fingerprint density at radius 3 is 3.20 bits per heavy atom. The van der Waals surface area contributed by atoms with E-state index in [0.717, 1.165) is 28.8 Å². The van der Waals surface area contributed by atoms with Crippen LogP contribution in [0.5, 0.6) is 5.75 Å². The van der Waals surface area contributed by atoms with Crippen molar-refractivity contribution in [3.8, 4) is 5.75 Å². The first-order valence-corrected chi connectivity index (χ1v) is 7.20. The van der Waals surface area contributed by atoms with Crippen molar-refractivity contribution in [3.05, 3.63) is 18.2 Å². The number of carbonyl (C=O) groups is 1. The van der Waals surface area contributed by atoms with Crippen LogP contribution in [0.3, 0.4) is 0 Å². The second-order valence-electron chi connectivity index (χ2n) is 4.45. The highest BCUT2D eigenvalue weighted by Gasteiger charge is 2.18. The van der Waals surface area contributed by atoms with E-state index >= 15 is 0 Å². The summed E-state index contributed by atoms with van der Waals surface area (Å²) in [5.74, 6) is 0.775. The van der Waals surface area contributed by atoms with Crippen LogP contribution >= 0.6 is 11.3 Å². The molecule has 3 rings (SSSR count). The molecule has 0 aliphatic carbocycles. The van der Waals surface area contributed by atoms with E-state index in [4.69, 9.17) is 9.47 Å². The molecule has 2 aromatic rings. The number of nitrogens with one attached hydrogen (secondary N) is 2. The molecule has 0 radical (unpaired) electrons. The SMILES string of the molecule is COc1ccc2nc(NC(=O)NC3CCCO3)sc2c1. The van der Waals surface area contributed by atoms with Crippen molar-refractivity contribution in [1.29, 1.82) is 0 Å². The maximum atomic E-state index is 11.8. The van der Waals surface area contributed by atoms with Gasteiger partial charge in [-0.1, -0.05) is 11.3 Å². The Morgan fingerprint density at radius 1 is 1.55 bits per heavy atom. The lowest BCUT2D eigenvalue weighted by atomic mass is 10.3. The number of urea groups is 1. The quantitative estimate of drug-likeness (QED) is 0.912. The van der Waals surface area contributed by atoms with Crippen molar-refractivity contribution < 1.29 is 14.3 Å². The Bertz CT molecular complexity index is 622. The van der Waals surface area contributed by atoms with Crippen LogP contribution in [-0.2, 0) is 4.74 Å². The van der Waals surface area contributed by atoms with Gasteiger partial charge in [0.25, 0.3) is 0 Å². The van der Waals surface area contributed by atoms with Crippen molar-refractivity contribution in [1.82, 2.24) is 10.3 Å². The average molecular weight is 293 g/mol. The molecule has 6 nitrogen and oxygen atoms in total. The average Bonchev–Trinajstić information content (AvgIpc) is 3.06. The third-order valence-corrected chi connectivity index (χ3v) is 3.97. The van der Waals surface area contributed by atoms with E-state index in [-0.39, 0.29) is 12.3 Å². The second kappa shape index (κ2) is 5.64. The summed E-state index contributed by atoms with van der Waals surface area (Å²) in [7, 11) is 1.62. The van der Waals surface area contributed by atoms with E-state index in [1.165, 1.54) is 11.3 Å². The number of thiazole rings is 1. The Morgan fingerprint density at radius 2 is 2.45 bits per heavy atom. The maximum absolute atomic E-state index is 11.8. The van der Waals surface area contributed by atoms with Crippen LogP contribution in [0.15, 0.2) is 18.2 Å².